The van der Waals surface area contributed by atoms with Crippen LogP contribution >= 0.6 is 0 Å². The van der Waals surface area contributed by atoms with E-state index in [1.807, 2.05) is 12.1 Å². The lowest BCUT2D eigenvalue weighted by Gasteiger charge is -2.14. The van der Waals surface area contributed by atoms with Gasteiger partial charge in [0.25, 0.3) is 0 Å². The van der Waals surface area contributed by atoms with Gasteiger partial charge >= 0.3 is 0 Å². The minimum absolute atomic E-state index is 0.0532. The zero-order valence-corrected chi connectivity index (χ0v) is 11.7. The van der Waals surface area contributed by atoms with E-state index in [4.69, 9.17) is 25.2 Å². The van der Waals surface area contributed by atoms with Crippen LogP contribution < -0.4 is 19.9 Å². The summed E-state index contributed by atoms with van der Waals surface area (Å²) in [6.45, 7) is 0. The number of nitrogens with zero attached hydrogens (tertiary/aromatic N) is 1. The molecule has 0 heterocycles. The first-order chi connectivity index (χ1) is 10.2. The van der Waals surface area contributed by atoms with Gasteiger partial charge in [0.2, 0.25) is 0 Å². The van der Waals surface area contributed by atoms with Crippen molar-refractivity contribution in [2.75, 3.05) is 14.2 Å². The number of oxime groups is 1. The summed E-state index contributed by atoms with van der Waals surface area (Å²) in [7, 11) is 3.10. The first-order valence-corrected chi connectivity index (χ1v) is 6.16. The molecule has 0 unspecified atom stereocenters. The molecular weight excluding hydrogens is 272 g/mol. The standard InChI is InChI=1S/C15H16N2O4/c1-19-10-7-8-11(15(16)17-18)14(9-10)21-13-6-4-3-5-12(13)20-2/h3-9,18H,1-2H3,(H2,16,17). The van der Waals surface area contributed by atoms with Gasteiger partial charge in [0.05, 0.1) is 19.8 Å². The Morgan fingerprint density at radius 2 is 1.71 bits per heavy atom. The summed E-state index contributed by atoms with van der Waals surface area (Å²) in [6.07, 6.45) is 0. The summed E-state index contributed by atoms with van der Waals surface area (Å²) in [5, 5.41) is 11.9. The number of rotatable bonds is 5. The monoisotopic (exact) mass is 288 g/mol. The second kappa shape index (κ2) is 6.51. The zero-order valence-electron chi connectivity index (χ0n) is 11.7. The van der Waals surface area contributed by atoms with E-state index in [0.717, 1.165) is 0 Å². The molecule has 6 nitrogen and oxygen atoms in total. The van der Waals surface area contributed by atoms with Gasteiger partial charge in [0, 0.05) is 6.07 Å². The Morgan fingerprint density at radius 3 is 2.33 bits per heavy atom. The van der Waals surface area contributed by atoms with E-state index in [2.05, 4.69) is 5.16 Å². The maximum atomic E-state index is 8.86. The third-order valence-corrected chi connectivity index (χ3v) is 2.86. The molecule has 3 N–H and O–H groups in total. The van der Waals surface area contributed by atoms with Crippen LogP contribution in [0.3, 0.4) is 0 Å². The average Bonchev–Trinajstić information content (AvgIpc) is 2.54. The molecule has 0 aliphatic heterocycles. The molecule has 0 amide bonds. The second-order valence-electron chi connectivity index (χ2n) is 4.10. The van der Waals surface area contributed by atoms with E-state index in [-0.39, 0.29) is 5.84 Å². The lowest BCUT2D eigenvalue weighted by atomic mass is 10.1. The molecule has 2 aromatic carbocycles. The topological polar surface area (TPSA) is 86.3 Å². The summed E-state index contributed by atoms with van der Waals surface area (Å²) < 4.78 is 16.2. The van der Waals surface area contributed by atoms with Gasteiger partial charge in [-0.2, -0.15) is 0 Å². The fourth-order valence-corrected chi connectivity index (χ4v) is 1.80. The minimum atomic E-state index is -0.0532. The van der Waals surface area contributed by atoms with Crippen LogP contribution in [-0.2, 0) is 0 Å². The van der Waals surface area contributed by atoms with Crippen molar-refractivity contribution in [1.82, 2.24) is 0 Å². The highest BCUT2D eigenvalue weighted by atomic mass is 16.5. The highest BCUT2D eigenvalue weighted by molar-refractivity contribution is 5.99. The van der Waals surface area contributed by atoms with Gasteiger partial charge in [-0.1, -0.05) is 17.3 Å². The number of methoxy groups -OCH3 is 2. The molecule has 110 valence electrons. The largest absolute Gasteiger partial charge is 0.497 e. The lowest BCUT2D eigenvalue weighted by Crippen LogP contribution is -2.14. The molecular formula is C15H16N2O4. The van der Waals surface area contributed by atoms with Crippen LogP contribution in [0.25, 0.3) is 0 Å². The molecule has 6 heteroatoms. The fraction of sp³-hybridized carbons (Fsp3) is 0.133. The predicted molar refractivity (Wildman–Crippen MR) is 78.6 cm³/mol. The number of ether oxygens (including phenoxy) is 3. The summed E-state index contributed by atoms with van der Waals surface area (Å²) in [5.41, 5.74) is 6.11. The molecule has 0 aromatic heterocycles. The van der Waals surface area contributed by atoms with Crippen LogP contribution in [0.15, 0.2) is 47.6 Å². The van der Waals surface area contributed by atoms with Gasteiger partial charge < -0.3 is 25.2 Å². The maximum absolute atomic E-state index is 8.86. The van der Waals surface area contributed by atoms with Gasteiger partial charge in [-0.15, -0.1) is 0 Å². The molecule has 0 atom stereocenters. The Balaban J connectivity index is 2.46. The van der Waals surface area contributed by atoms with Crippen molar-refractivity contribution < 1.29 is 19.4 Å². The second-order valence-corrected chi connectivity index (χ2v) is 4.10. The minimum Gasteiger partial charge on any atom is -0.497 e. The predicted octanol–water partition coefficient (Wildman–Crippen LogP) is 2.59. The molecule has 0 bridgehead atoms. The van der Waals surface area contributed by atoms with Crippen molar-refractivity contribution in [2.24, 2.45) is 10.9 Å². The SMILES string of the molecule is COc1ccc(/C(N)=N/O)c(Oc2ccccc2OC)c1. The number of hydrogen-bond donors (Lipinski definition) is 2. The number of benzene rings is 2. The number of nitrogens with two attached hydrogens (primary N) is 1. The number of para-hydroxylation sites is 2. The van der Waals surface area contributed by atoms with Gasteiger partial charge in [-0.25, -0.2) is 0 Å². The fourth-order valence-electron chi connectivity index (χ4n) is 1.80. The molecule has 0 fully saturated rings. The molecule has 2 rings (SSSR count). The Bertz CT molecular complexity index is 656. The summed E-state index contributed by atoms with van der Waals surface area (Å²) in [4.78, 5) is 0. The van der Waals surface area contributed by atoms with E-state index >= 15 is 0 Å². The van der Waals surface area contributed by atoms with E-state index in [1.54, 1.807) is 44.6 Å². The van der Waals surface area contributed by atoms with Gasteiger partial charge in [-0.3, -0.25) is 0 Å². The highest BCUT2D eigenvalue weighted by Crippen LogP contribution is 2.34. The van der Waals surface area contributed by atoms with Crippen molar-refractivity contribution in [2.45, 2.75) is 0 Å². The molecule has 0 saturated heterocycles. The molecule has 2 aromatic rings. The molecule has 0 aliphatic rings. The third-order valence-electron chi connectivity index (χ3n) is 2.86. The number of amidine groups is 1. The highest BCUT2D eigenvalue weighted by Gasteiger charge is 2.13. The Hall–Kier alpha value is -2.89. The van der Waals surface area contributed by atoms with Crippen molar-refractivity contribution in [3.8, 4) is 23.0 Å². The van der Waals surface area contributed by atoms with Gasteiger partial charge in [0.15, 0.2) is 17.3 Å². The molecule has 0 aliphatic carbocycles. The molecule has 0 saturated carbocycles. The van der Waals surface area contributed by atoms with Gasteiger partial charge in [0.1, 0.15) is 11.5 Å². The smallest absolute Gasteiger partial charge is 0.173 e. The normalized spacial score (nSPS) is 11.0. The Morgan fingerprint density at radius 1 is 1.00 bits per heavy atom. The van der Waals surface area contributed by atoms with E-state index in [1.165, 1.54) is 0 Å². The van der Waals surface area contributed by atoms with Crippen molar-refractivity contribution in [3.05, 3.63) is 48.0 Å². The van der Waals surface area contributed by atoms with Crippen LogP contribution in [-0.4, -0.2) is 25.3 Å². The third kappa shape index (κ3) is 3.17. The quantitative estimate of drug-likeness (QED) is 0.382. The van der Waals surface area contributed by atoms with Gasteiger partial charge in [-0.05, 0) is 24.3 Å². The average molecular weight is 288 g/mol. The zero-order chi connectivity index (χ0) is 15.2. The summed E-state index contributed by atoms with van der Waals surface area (Å²) >= 11 is 0. The van der Waals surface area contributed by atoms with Crippen molar-refractivity contribution in [1.29, 1.82) is 0 Å². The van der Waals surface area contributed by atoms with Crippen LogP contribution in [0.4, 0.5) is 0 Å². The van der Waals surface area contributed by atoms with Crippen LogP contribution in [0.5, 0.6) is 23.0 Å². The summed E-state index contributed by atoms with van der Waals surface area (Å²) in [5.74, 6) is 2.03. The molecule has 0 spiro atoms. The number of hydrogen-bond acceptors (Lipinski definition) is 5. The van der Waals surface area contributed by atoms with Crippen LogP contribution in [0.2, 0.25) is 0 Å². The van der Waals surface area contributed by atoms with E-state index in [0.29, 0.717) is 28.6 Å². The van der Waals surface area contributed by atoms with Crippen LogP contribution in [0.1, 0.15) is 5.56 Å². The van der Waals surface area contributed by atoms with Crippen molar-refractivity contribution in [3.63, 3.8) is 0 Å². The Kier molecular flexibility index (Phi) is 4.50. The first-order valence-electron chi connectivity index (χ1n) is 6.16. The van der Waals surface area contributed by atoms with Crippen molar-refractivity contribution >= 4 is 5.84 Å². The summed E-state index contributed by atoms with van der Waals surface area (Å²) in [6, 6.07) is 12.2. The molecule has 21 heavy (non-hydrogen) atoms. The Labute approximate surface area is 122 Å². The maximum Gasteiger partial charge on any atom is 0.173 e. The molecule has 0 radical (unpaired) electrons. The van der Waals surface area contributed by atoms with E-state index in [9.17, 15) is 0 Å². The van der Waals surface area contributed by atoms with Crippen LogP contribution in [0, 0.1) is 0 Å². The van der Waals surface area contributed by atoms with E-state index < -0.39 is 0 Å². The lowest BCUT2D eigenvalue weighted by molar-refractivity contribution is 0.318. The first kappa shape index (κ1) is 14.5.